The molecule has 2 N–H and O–H groups in total. The van der Waals surface area contributed by atoms with Crippen LogP contribution in [-0.2, 0) is 0 Å². The van der Waals surface area contributed by atoms with Gasteiger partial charge in [-0.3, -0.25) is 0 Å². The van der Waals surface area contributed by atoms with E-state index < -0.39 is 17.7 Å². The summed E-state index contributed by atoms with van der Waals surface area (Å²) in [7, 11) is 0. The average Bonchev–Trinajstić information content (AvgIpc) is 2.23. The first-order chi connectivity index (χ1) is 7.07. The van der Waals surface area contributed by atoms with Crippen LogP contribution in [0.15, 0.2) is 24.8 Å². The number of aryl methyl sites for hydroxylation is 1. The van der Waals surface area contributed by atoms with Crippen molar-refractivity contribution in [1.29, 1.82) is 0 Å². The molecule has 0 aliphatic carbocycles. The van der Waals surface area contributed by atoms with Crippen LogP contribution in [0.25, 0.3) is 0 Å². The Balaban J connectivity index is 0.00000225. The van der Waals surface area contributed by atoms with Crippen molar-refractivity contribution in [3.05, 3.63) is 47.5 Å². The molecule has 1 nitrogen and oxygen atoms in total. The van der Waals surface area contributed by atoms with E-state index in [2.05, 4.69) is 6.58 Å². The van der Waals surface area contributed by atoms with Gasteiger partial charge in [0.2, 0.25) is 0 Å². The van der Waals surface area contributed by atoms with Gasteiger partial charge in [0.25, 0.3) is 0 Å². The van der Waals surface area contributed by atoms with E-state index in [0.717, 1.165) is 0 Å². The van der Waals surface area contributed by atoms with Gasteiger partial charge in [0, 0.05) is 11.6 Å². The minimum Gasteiger partial charge on any atom is -0.324 e. The fourth-order valence-corrected chi connectivity index (χ4v) is 1.40. The summed E-state index contributed by atoms with van der Waals surface area (Å²) < 4.78 is 26.7. The first-order valence-electron chi connectivity index (χ1n) is 4.89. The molecule has 1 aromatic carbocycles. The summed E-state index contributed by atoms with van der Waals surface area (Å²) in [6.07, 6.45) is 2.97. The molecule has 0 saturated heterocycles. The van der Waals surface area contributed by atoms with Crippen LogP contribution in [0.2, 0.25) is 0 Å². The average molecular weight is 248 g/mol. The zero-order valence-electron chi connectivity index (χ0n) is 9.17. The van der Waals surface area contributed by atoms with Crippen molar-refractivity contribution < 1.29 is 8.78 Å². The van der Waals surface area contributed by atoms with Gasteiger partial charge in [0.15, 0.2) is 11.6 Å². The highest BCUT2D eigenvalue weighted by Crippen LogP contribution is 2.23. The third-order valence-corrected chi connectivity index (χ3v) is 2.39. The molecule has 0 fully saturated rings. The third-order valence-electron chi connectivity index (χ3n) is 2.39. The van der Waals surface area contributed by atoms with E-state index in [1.54, 1.807) is 18.2 Å². The fraction of sp³-hybridized carbons (Fsp3) is 0.333. The molecule has 1 atom stereocenters. The standard InChI is InChI=1S/C12H15F2N.ClH/c1-3-4-5-10(15)9-7-6-8(2)11(13)12(9)14;/h3,6-7,10H,1,4-5,15H2,2H3;1H/t10-;/m1./s1. The van der Waals surface area contributed by atoms with Gasteiger partial charge in [-0.2, -0.15) is 0 Å². The van der Waals surface area contributed by atoms with Crippen molar-refractivity contribution in [2.75, 3.05) is 0 Å². The maximum atomic E-state index is 13.5. The summed E-state index contributed by atoms with van der Waals surface area (Å²) in [5.74, 6) is -1.63. The van der Waals surface area contributed by atoms with Gasteiger partial charge in [-0.25, -0.2) is 8.78 Å². The van der Waals surface area contributed by atoms with Gasteiger partial charge in [-0.05, 0) is 25.3 Å². The normalized spacial score (nSPS) is 11.8. The Labute approximate surface area is 101 Å². The SMILES string of the molecule is C=CCC[C@@H](N)c1ccc(C)c(F)c1F.Cl. The van der Waals surface area contributed by atoms with Crippen LogP contribution in [0.4, 0.5) is 8.78 Å². The second-order valence-corrected chi connectivity index (χ2v) is 3.57. The lowest BCUT2D eigenvalue weighted by molar-refractivity contribution is 0.479. The summed E-state index contributed by atoms with van der Waals surface area (Å²) in [5.41, 5.74) is 6.28. The first-order valence-corrected chi connectivity index (χ1v) is 4.89. The number of rotatable bonds is 4. The molecule has 0 spiro atoms. The number of halogens is 3. The zero-order valence-corrected chi connectivity index (χ0v) is 9.99. The predicted octanol–water partition coefficient (Wildman–Crippen LogP) is 3.66. The molecule has 90 valence electrons. The van der Waals surface area contributed by atoms with Gasteiger partial charge < -0.3 is 5.73 Å². The van der Waals surface area contributed by atoms with Crippen LogP contribution in [0.5, 0.6) is 0 Å². The summed E-state index contributed by atoms with van der Waals surface area (Å²) in [5, 5.41) is 0. The summed E-state index contributed by atoms with van der Waals surface area (Å²) in [6.45, 7) is 5.08. The van der Waals surface area contributed by atoms with Gasteiger partial charge >= 0.3 is 0 Å². The van der Waals surface area contributed by atoms with E-state index >= 15 is 0 Å². The van der Waals surface area contributed by atoms with Crippen LogP contribution in [-0.4, -0.2) is 0 Å². The molecule has 0 saturated carbocycles. The molecule has 4 heteroatoms. The largest absolute Gasteiger partial charge is 0.324 e. The molecular weight excluding hydrogens is 232 g/mol. The number of hydrogen-bond donors (Lipinski definition) is 1. The van der Waals surface area contributed by atoms with Gasteiger partial charge in [-0.15, -0.1) is 19.0 Å². The van der Waals surface area contributed by atoms with Crippen molar-refractivity contribution in [2.24, 2.45) is 5.73 Å². The Morgan fingerprint density at radius 1 is 1.38 bits per heavy atom. The third kappa shape index (κ3) is 3.29. The molecule has 0 bridgehead atoms. The molecule has 0 aliphatic heterocycles. The lowest BCUT2D eigenvalue weighted by atomic mass is 10.0. The van der Waals surface area contributed by atoms with E-state index in [-0.39, 0.29) is 18.0 Å². The molecule has 16 heavy (non-hydrogen) atoms. The van der Waals surface area contributed by atoms with Gasteiger partial charge in [0.05, 0.1) is 0 Å². The van der Waals surface area contributed by atoms with Crippen molar-refractivity contribution >= 4 is 12.4 Å². The smallest absolute Gasteiger partial charge is 0.163 e. The Kier molecular flexibility index (Phi) is 6.22. The molecule has 0 radical (unpaired) electrons. The molecule has 1 aromatic rings. The van der Waals surface area contributed by atoms with Crippen molar-refractivity contribution in [2.45, 2.75) is 25.8 Å². The monoisotopic (exact) mass is 247 g/mol. The highest BCUT2D eigenvalue weighted by molar-refractivity contribution is 5.85. The Bertz CT molecular complexity index is 366. The fourth-order valence-electron chi connectivity index (χ4n) is 1.40. The highest BCUT2D eigenvalue weighted by Gasteiger charge is 2.15. The van der Waals surface area contributed by atoms with Crippen LogP contribution in [0, 0.1) is 18.6 Å². The molecule has 0 heterocycles. The second-order valence-electron chi connectivity index (χ2n) is 3.57. The topological polar surface area (TPSA) is 26.0 Å². The Hall–Kier alpha value is -0.930. The Morgan fingerprint density at radius 3 is 2.56 bits per heavy atom. The van der Waals surface area contributed by atoms with Crippen LogP contribution in [0.1, 0.15) is 30.0 Å². The van der Waals surface area contributed by atoms with Crippen molar-refractivity contribution in [3.8, 4) is 0 Å². The zero-order chi connectivity index (χ0) is 11.4. The van der Waals surface area contributed by atoms with E-state index in [4.69, 9.17) is 5.73 Å². The quantitative estimate of drug-likeness (QED) is 0.808. The summed E-state index contributed by atoms with van der Waals surface area (Å²) in [6, 6.07) is 2.61. The lowest BCUT2D eigenvalue weighted by Gasteiger charge is -2.13. The van der Waals surface area contributed by atoms with Crippen LogP contribution < -0.4 is 5.73 Å². The molecular formula is C12H16ClF2N. The molecule has 0 unspecified atom stereocenters. The van der Waals surface area contributed by atoms with Gasteiger partial charge in [-0.1, -0.05) is 18.2 Å². The number of hydrogen-bond acceptors (Lipinski definition) is 1. The second kappa shape index (κ2) is 6.61. The summed E-state index contributed by atoms with van der Waals surface area (Å²) in [4.78, 5) is 0. The number of allylic oxidation sites excluding steroid dienone is 1. The minimum atomic E-state index is -0.827. The van der Waals surface area contributed by atoms with E-state index in [9.17, 15) is 8.78 Å². The van der Waals surface area contributed by atoms with Crippen LogP contribution in [0.3, 0.4) is 0 Å². The highest BCUT2D eigenvalue weighted by atomic mass is 35.5. The summed E-state index contributed by atoms with van der Waals surface area (Å²) >= 11 is 0. The number of nitrogens with two attached hydrogens (primary N) is 1. The lowest BCUT2D eigenvalue weighted by Crippen LogP contribution is -2.13. The van der Waals surface area contributed by atoms with Gasteiger partial charge in [0.1, 0.15) is 0 Å². The van der Waals surface area contributed by atoms with E-state index in [1.807, 2.05) is 0 Å². The van der Waals surface area contributed by atoms with E-state index in [0.29, 0.717) is 18.4 Å². The maximum Gasteiger partial charge on any atom is 0.163 e. The first kappa shape index (κ1) is 15.1. The predicted molar refractivity (Wildman–Crippen MR) is 64.7 cm³/mol. The molecule has 1 rings (SSSR count). The molecule has 0 aromatic heterocycles. The Morgan fingerprint density at radius 2 is 2.00 bits per heavy atom. The maximum absolute atomic E-state index is 13.5. The molecule has 0 aliphatic rings. The van der Waals surface area contributed by atoms with Crippen LogP contribution >= 0.6 is 12.4 Å². The van der Waals surface area contributed by atoms with Crippen molar-refractivity contribution in [3.63, 3.8) is 0 Å². The van der Waals surface area contributed by atoms with E-state index in [1.165, 1.54) is 6.92 Å². The molecule has 0 amide bonds. The van der Waals surface area contributed by atoms with Crippen molar-refractivity contribution in [1.82, 2.24) is 0 Å². The number of benzene rings is 1. The minimum absolute atomic E-state index is 0.